The number of amides is 1. The molecule has 5 nitrogen and oxygen atoms in total. The fourth-order valence-electron chi connectivity index (χ4n) is 0.751. The van der Waals surface area contributed by atoms with E-state index in [2.05, 4.69) is 12.8 Å². The van der Waals surface area contributed by atoms with E-state index >= 15 is 0 Å². The van der Waals surface area contributed by atoms with Gasteiger partial charge in [0.25, 0.3) is 0 Å². The highest BCUT2D eigenvalue weighted by atomic mass is 32.1. The third-order valence-electron chi connectivity index (χ3n) is 1.61. The van der Waals surface area contributed by atoms with Crippen molar-refractivity contribution in [2.45, 2.75) is 33.7 Å². The van der Waals surface area contributed by atoms with Gasteiger partial charge < -0.3 is 4.52 Å². The summed E-state index contributed by atoms with van der Waals surface area (Å²) in [7, 11) is -3.29. The van der Waals surface area contributed by atoms with Crippen LogP contribution in [0, 0.1) is 0 Å². The Morgan fingerprint density at radius 2 is 2.00 bits per heavy atom. The first kappa shape index (κ1) is 14.8. The molecule has 0 radical (unpaired) electrons. The monoisotopic (exact) mass is 255 g/mol. The van der Waals surface area contributed by atoms with Crippen LogP contribution in [0.3, 0.4) is 0 Å². The number of carbonyl (C=O) groups excluding carboxylic acids is 1. The summed E-state index contributed by atoms with van der Waals surface area (Å²) in [5.74, 6) is 0. The van der Waals surface area contributed by atoms with Gasteiger partial charge in [0.1, 0.15) is 0 Å². The zero-order valence-corrected chi connectivity index (χ0v) is 11.3. The second-order valence-electron chi connectivity index (χ2n) is 3.14. The zero-order chi connectivity index (χ0) is 12.1. The van der Waals surface area contributed by atoms with E-state index in [0.717, 1.165) is 4.31 Å². The van der Waals surface area contributed by atoms with Crippen molar-refractivity contribution >= 4 is 26.5 Å². The van der Waals surface area contributed by atoms with E-state index in [1.807, 2.05) is 0 Å². The van der Waals surface area contributed by atoms with Crippen molar-refractivity contribution in [2.24, 2.45) is 0 Å². The van der Waals surface area contributed by atoms with E-state index in [1.54, 1.807) is 27.7 Å². The lowest BCUT2D eigenvalue weighted by Gasteiger charge is -2.22. The number of rotatable bonds is 5. The molecule has 0 bridgehead atoms. The SMILES string of the molecule is CCOP(=O)(CC)OC(=O)N(S)C(C)C. The van der Waals surface area contributed by atoms with Gasteiger partial charge in [0.15, 0.2) is 0 Å². The molecule has 0 N–H and O–H groups in total. The van der Waals surface area contributed by atoms with Crippen molar-refractivity contribution in [1.29, 1.82) is 0 Å². The fraction of sp³-hybridized carbons (Fsp3) is 0.875. The van der Waals surface area contributed by atoms with Gasteiger partial charge in [-0.25, -0.2) is 9.36 Å². The molecule has 0 aliphatic rings. The van der Waals surface area contributed by atoms with Crippen molar-refractivity contribution < 1.29 is 18.4 Å². The average Bonchev–Trinajstić information content (AvgIpc) is 2.16. The van der Waals surface area contributed by atoms with Crippen LogP contribution in [0.2, 0.25) is 0 Å². The molecule has 1 atom stereocenters. The molecule has 0 rings (SSSR count). The molecule has 0 aliphatic carbocycles. The van der Waals surface area contributed by atoms with Gasteiger partial charge >= 0.3 is 13.7 Å². The Labute approximate surface area is 96.2 Å². The van der Waals surface area contributed by atoms with Crippen molar-refractivity contribution in [3.63, 3.8) is 0 Å². The predicted octanol–water partition coefficient (Wildman–Crippen LogP) is 2.93. The third kappa shape index (κ3) is 4.91. The van der Waals surface area contributed by atoms with Gasteiger partial charge in [-0.05, 0) is 20.8 Å². The highest BCUT2D eigenvalue weighted by Crippen LogP contribution is 2.48. The van der Waals surface area contributed by atoms with E-state index in [4.69, 9.17) is 9.05 Å². The van der Waals surface area contributed by atoms with Crippen molar-refractivity contribution in [1.82, 2.24) is 4.31 Å². The first-order chi connectivity index (χ1) is 6.86. The minimum absolute atomic E-state index is 0.132. The van der Waals surface area contributed by atoms with Crippen LogP contribution in [0.5, 0.6) is 0 Å². The topological polar surface area (TPSA) is 55.8 Å². The molecule has 0 aromatic heterocycles. The van der Waals surface area contributed by atoms with E-state index in [9.17, 15) is 9.36 Å². The molecule has 15 heavy (non-hydrogen) atoms. The van der Waals surface area contributed by atoms with Gasteiger partial charge in [-0.2, -0.15) is 0 Å². The lowest BCUT2D eigenvalue weighted by Crippen LogP contribution is -2.28. The molecule has 0 aromatic rings. The number of carbonyl (C=O) groups is 1. The Morgan fingerprint density at radius 3 is 2.33 bits per heavy atom. The number of nitrogens with zero attached hydrogens (tertiary/aromatic N) is 1. The highest BCUT2D eigenvalue weighted by Gasteiger charge is 2.28. The predicted molar refractivity (Wildman–Crippen MR) is 62.2 cm³/mol. The summed E-state index contributed by atoms with van der Waals surface area (Å²) in [6.07, 6.45) is -0.585. The van der Waals surface area contributed by atoms with Crippen LogP contribution in [0.1, 0.15) is 27.7 Å². The molecule has 90 valence electrons. The summed E-state index contributed by atoms with van der Waals surface area (Å²) < 4.78 is 22.6. The van der Waals surface area contributed by atoms with Crippen LogP contribution >= 0.6 is 20.4 Å². The minimum atomic E-state index is -3.29. The van der Waals surface area contributed by atoms with Gasteiger partial charge in [-0.3, -0.25) is 8.83 Å². The van der Waals surface area contributed by atoms with E-state index in [1.165, 1.54) is 0 Å². The van der Waals surface area contributed by atoms with Crippen LogP contribution in [-0.4, -0.2) is 29.2 Å². The molecule has 7 heteroatoms. The number of hydrogen-bond acceptors (Lipinski definition) is 5. The van der Waals surface area contributed by atoms with Crippen LogP contribution in [0.15, 0.2) is 0 Å². The van der Waals surface area contributed by atoms with Crippen LogP contribution < -0.4 is 0 Å². The lowest BCUT2D eigenvalue weighted by atomic mass is 10.4. The van der Waals surface area contributed by atoms with Crippen molar-refractivity contribution in [2.75, 3.05) is 12.8 Å². The van der Waals surface area contributed by atoms with Gasteiger partial charge in [-0.1, -0.05) is 19.7 Å². The van der Waals surface area contributed by atoms with Gasteiger partial charge in [-0.15, -0.1) is 0 Å². The molecule has 0 saturated carbocycles. The largest absolute Gasteiger partial charge is 0.426 e. The summed E-state index contributed by atoms with van der Waals surface area (Å²) in [4.78, 5) is 11.4. The van der Waals surface area contributed by atoms with E-state index in [-0.39, 0.29) is 18.8 Å². The van der Waals surface area contributed by atoms with Crippen LogP contribution in [-0.2, 0) is 13.6 Å². The van der Waals surface area contributed by atoms with Crippen molar-refractivity contribution in [3.8, 4) is 0 Å². The third-order valence-corrected chi connectivity index (χ3v) is 4.09. The summed E-state index contributed by atoms with van der Waals surface area (Å²) in [5.41, 5.74) is 0. The molecule has 0 saturated heterocycles. The molecule has 1 amide bonds. The van der Waals surface area contributed by atoms with E-state index < -0.39 is 13.7 Å². The first-order valence-corrected chi connectivity index (χ1v) is 6.94. The molecular formula is C8H18NO4PS. The average molecular weight is 255 g/mol. The molecule has 0 aliphatic heterocycles. The maximum atomic E-state index is 11.8. The van der Waals surface area contributed by atoms with Crippen LogP contribution in [0.25, 0.3) is 0 Å². The standard InChI is InChI=1S/C8H18NO4PS/c1-5-12-14(11,6-2)13-8(10)9(15)7(3)4/h7,15H,5-6H2,1-4H3. The van der Waals surface area contributed by atoms with Gasteiger partial charge in [0.2, 0.25) is 0 Å². The smallest absolute Gasteiger partial charge is 0.374 e. The molecular weight excluding hydrogens is 237 g/mol. The molecule has 0 aromatic carbocycles. The highest BCUT2D eigenvalue weighted by molar-refractivity contribution is 7.78. The summed E-state index contributed by atoms with van der Waals surface area (Å²) in [5, 5.41) is 0. The minimum Gasteiger partial charge on any atom is -0.374 e. The van der Waals surface area contributed by atoms with Crippen molar-refractivity contribution in [3.05, 3.63) is 0 Å². The summed E-state index contributed by atoms with van der Waals surface area (Å²) in [6.45, 7) is 7.11. The van der Waals surface area contributed by atoms with E-state index in [0.29, 0.717) is 0 Å². The lowest BCUT2D eigenvalue weighted by molar-refractivity contribution is 0.161. The Hall–Kier alpha value is -0.190. The second-order valence-corrected chi connectivity index (χ2v) is 5.87. The molecule has 0 fully saturated rings. The second kappa shape index (κ2) is 6.40. The molecule has 1 unspecified atom stereocenters. The van der Waals surface area contributed by atoms with Gasteiger partial charge in [0, 0.05) is 6.04 Å². The Balaban J connectivity index is 4.43. The maximum absolute atomic E-state index is 11.8. The molecule has 0 spiro atoms. The normalized spacial score (nSPS) is 14.8. The fourth-order valence-corrected chi connectivity index (χ4v) is 1.94. The Morgan fingerprint density at radius 1 is 1.47 bits per heavy atom. The molecule has 0 heterocycles. The summed E-state index contributed by atoms with van der Waals surface area (Å²) >= 11 is 3.92. The Kier molecular flexibility index (Phi) is 6.32. The quantitative estimate of drug-likeness (QED) is 0.606. The number of thiol groups is 1. The van der Waals surface area contributed by atoms with Gasteiger partial charge in [0.05, 0.1) is 12.8 Å². The Bertz CT molecular complexity index is 259. The summed E-state index contributed by atoms with van der Waals surface area (Å²) in [6, 6.07) is -0.132. The number of hydrogen-bond donors (Lipinski definition) is 1. The maximum Gasteiger partial charge on any atom is 0.426 e. The zero-order valence-electron chi connectivity index (χ0n) is 9.47. The first-order valence-electron chi connectivity index (χ1n) is 4.81. The van der Waals surface area contributed by atoms with Crippen LogP contribution in [0.4, 0.5) is 4.79 Å².